The Balaban J connectivity index is 3.04. The molecule has 0 aliphatic carbocycles. The van der Waals surface area contributed by atoms with Crippen LogP contribution >= 0.6 is 0 Å². The van der Waals surface area contributed by atoms with Gasteiger partial charge in [-0.25, -0.2) is 0 Å². The first-order chi connectivity index (χ1) is 4.31. The predicted molar refractivity (Wildman–Crippen MR) is 43.5 cm³/mol. The average molecular weight is 126 g/mol. The Morgan fingerprint density at radius 3 is 2.56 bits per heavy atom. The molecule has 0 aromatic rings. The molecule has 1 unspecified atom stereocenters. The van der Waals surface area contributed by atoms with E-state index in [1.54, 1.807) is 0 Å². The smallest absolute Gasteiger partial charge is 0.0351 e. The van der Waals surface area contributed by atoms with Gasteiger partial charge in [-0.05, 0) is 18.8 Å². The van der Waals surface area contributed by atoms with Crippen molar-refractivity contribution in [2.24, 2.45) is 5.92 Å². The summed E-state index contributed by atoms with van der Waals surface area (Å²) < 4.78 is 0. The predicted octanol–water partition coefficient (Wildman–Crippen LogP) is 3.39. The highest BCUT2D eigenvalue weighted by Gasteiger charge is 1.96. The minimum atomic E-state index is 0.896. The standard InChI is InChI=1S/C9H18/c1-4-6-8-9(3)7-5-2/h4,9H,1,5-8H2,2-3H3. The van der Waals surface area contributed by atoms with Crippen LogP contribution in [-0.2, 0) is 0 Å². The zero-order valence-electron chi connectivity index (χ0n) is 6.69. The van der Waals surface area contributed by atoms with Gasteiger partial charge in [-0.3, -0.25) is 0 Å². The Bertz CT molecular complexity index is 64.4. The molecular weight excluding hydrogens is 108 g/mol. The lowest BCUT2D eigenvalue weighted by molar-refractivity contribution is 0.491. The van der Waals surface area contributed by atoms with E-state index < -0.39 is 0 Å². The highest BCUT2D eigenvalue weighted by molar-refractivity contribution is 4.67. The molecule has 0 radical (unpaired) electrons. The van der Waals surface area contributed by atoms with E-state index in [1.807, 2.05) is 6.08 Å². The monoisotopic (exact) mass is 126 g/mol. The van der Waals surface area contributed by atoms with Crippen molar-refractivity contribution in [2.75, 3.05) is 0 Å². The first kappa shape index (κ1) is 8.74. The van der Waals surface area contributed by atoms with Gasteiger partial charge >= 0.3 is 0 Å². The Labute approximate surface area is 59.0 Å². The van der Waals surface area contributed by atoms with E-state index in [2.05, 4.69) is 20.4 Å². The molecule has 0 fully saturated rings. The molecule has 0 aliphatic heterocycles. The molecule has 0 saturated heterocycles. The van der Waals surface area contributed by atoms with Gasteiger partial charge in [0.25, 0.3) is 0 Å². The van der Waals surface area contributed by atoms with Gasteiger partial charge in [0, 0.05) is 0 Å². The van der Waals surface area contributed by atoms with E-state index >= 15 is 0 Å². The van der Waals surface area contributed by atoms with Gasteiger partial charge < -0.3 is 0 Å². The van der Waals surface area contributed by atoms with E-state index in [0.29, 0.717) is 0 Å². The number of allylic oxidation sites excluding steroid dienone is 1. The normalized spacial score (nSPS) is 13.1. The zero-order valence-corrected chi connectivity index (χ0v) is 6.69. The summed E-state index contributed by atoms with van der Waals surface area (Å²) in [5.41, 5.74) is 0. The van der Waals surface area contributed by atoms with Crippen molar-refractivity contribution in [3.8, 4) is 0 Å². The molecule has 0 nitrogen and oxygen atoms in total. The molecule has 0 saturated carbocycles. The topological polar surface area (TPSA) is 0 Å². The lowest BCUT2D eigenvalue weighted by Crippen LogP contribution is -1.91. The van der Waals surface area contributed by atoms with Gasteiger partial charge in [-0.15, -0.1) is 6.58 Å². The number of rotatable bonds is 5. The molecule has 0 rings (SSSR count). The summed E-state index contributed by atoms with van der Waals surface area (Å²) in [6.45, 7) is 8.25. The second-order valence-electron chi connectivity index (χ2n) is 2.76. The fourth-order valence-electron chi connectivity index (χ4n) is 1.04. The summed E-state index contributed by atoms with van der Waals surface area (Å²) in [5.74, 6) is 0.896. The van der Waals surface area contributed by atoms with E-state index in [9.17, 15) is 0 Å². The fourth-order valence-corrected chi connectivity index (χ4v) is 1.04. The molecule has 0 amide bonds. The lowest BCUT2D eigenvalue weighted by atomic mass is 10.0. The largest absolute Gasteiger partial charge is 0.103 e. The Hall–Kier alpha value is -0.260. The van der Waals surface area contributed by atoms with Crippen molar-refractivity contribution < 1.29 is 0 Å². The van der Waals surface area contributed by atoms with Gasteiger partial charge in [0.05, 0.1) is 0 Å². The molecule has 0 N–H and O–H groups in total. The minimum absolute atomic E-state index is 0.896. The van der Waals surface area contributed by atoms with Crippen molar-refractivity contribution in [1.29, 1.82) is 0 Å². The third-order valence-corrected chi connectivity index (χ3v) is 1.65. The van der Waals surface area contributed by atoms with Crippen molar-refractivity contribution in [3.05, 3.63) is 12.7 Å². The van der Waals surface area contributed by atoms with Gasteiger partial charge in [-0.2, -0.15) is 0 Å². The third kappa shape index (κ3) is 5.61. The summed E-state index contributed by atoms with van der Waals surface area (Å²) in [4.78, 5) is 0. The quantitative estimate of drug-likeness (QED) is 0.495. The van der Waals surface area contributed by atoms with E-state index in [1.165, 1.54) is 25.7 Å². The van der Waals surface area contributed by atoms with Crippen LogP contribution in [0.2, 0.25) is 0 Å². The van der Waals surface area contributed by atoms with E-state index in [0.717, 1.165) is 5.92 Å². The van der Waals surface area contributed by atoms with Crippen molar-refractivity contribution in [2.45, 2.75) is 39.5 Å². The maximum absolute atomic E-state index is 3.69. The van der Waals surface area contributed by atoms with E-state index in [-0.39, 0.29) is 0 Å². The minimum Gasteiger partial charge on any atom is -0.103 e. The summed E-state index contributed by atoms with van der Waals surface area (Å²) in [5, 5.41) is 0. The Kier molecular flexibility index (Phi) is 5.70. The molecule has 0 aromatic carbocycles. The van der Waals surface area contributed by atoms with Crippen LogP contribution < -0.4 is 0 Å². The first-order valence-electron chi connectivity index (χ1n) is 3.92. The molecule has 0 aromatic heterocycles. The van der Waals surface area contributed by atoms with Crippen LogP contribution in [0.15, 0.2) is 12.7 Å². The number of hydrogen-bond donors (Lipinski definition) is 0. The molecule has 0 aliphatic rings. The molecular formula is C9H18. The lowest BCUT2D eigenvalue weighted by Gasteiger charge is -2.05. The summed E-state index contributed by atoms with van der Waals surface area (Å²) in [6.07, 6.45) is 7.19. The van der Waals surface area contributed by atoms with Crippen molar-refractivity contribution in [3.63, 3.8) is 0 Å². The third-order valence-electron chi connectivity index (χ3n) is 1.65. The summed E-state index contributed by atoms with van der Waals surface area (Å²) in [7, 11) is 0. The second kappa shape index (κ2) is 5.87. The van der Waals surface area contributed by atoms with Crippen molar-refractivity contribution in [1.82, 2.24) is 0 Å². The van der Waals surface area contributed by atoms with Crippen LogP contribution in [0.25, 0.3) is 0 Å². The summed E-state index contributed by atoms with van der Waals surface area (Å²) in [6, 6.07) is 0. The van der Waals surface area contributed by atoms with Gasteiger partial charge in [0.15, 0.2) is 0 Å². The molecule has 1 atom stereocenters. The zero-order chi connectivity index (χ0) is 7.11. The molecule has 9 heavy (non-hydrogen) atoms. The van der Waals surface area contributed by atoms with Gasteiger partial charge in [-0.1, -0.05) is 32.8 Å². The molecule has 0 spiro atoms. The van der Waals surface area contributed by atoms with Crippen LogP contribution in [-0.4, -0.2) is 0 Å². The average Bonchev–Trinajstić information content (AvgIpc) is 1.85. The van der Waals surface area contributed by atoms with Crippen LogP contribution in [0.4, 0.5) is 0 Å². The molecule has 0 heteroatoms. The fraction of sp³-hybridized carbons (Fsp3) is 0.778. The van der Waals surface area contributed by atoms with Crippen LogP contribution in [0, 0.1) is 5.92 Å². The number of hydrogen-bond acceptors (Lipinski definition) is 0. The highest BCUT2D eigenvalue weighted by atomic mass is 14.0. The van der Waals surface area contributed by atoms with Crippen LogP contribution in [0.3, 0.4) is 0 Å². The maximum Gasteiger partial charge on any atom is -0.0351 e. The molecule has 0 heterocycles. The molecule has 54 valence electrons. The van der Waals surface area contributed by atoms with Gasteiger partial charge in [0.2, 0.25) is 0 Å². The van der Waals surface area contributed by atoms with Gasteiger partial charge in [0.1, 0.15) is 0 Å². The highest BCUT2D eigenvalue weighted by Crippen LogP contribution is 2.11. The Morgan fingerprint density at radius 1 is 1.44 bits per heavy atom. The van der Waals surface area contributed by atoms with E-state index in [4.69, 9.17) is 0 Å². The SMILES string of the molecule is C=CCCC(C)CCC. The Morgan fingerprint density at radius 2 is 2.11 bits per heavy atom. The molecule has 0 bridgehead atoms. The second-order valence-corrected chi connectivity index (χ2v) is 2.76. The van der Waals surface area contributed by atoms with Crippen LogP contribution in [0.1, 0.15) is 39.5 Å². The first-order valence-corrected chi connectivity index (χ1v) is 3.92. The van der Waals surface area contributed by atoms with Crippen molar-refractivity contribution >= 4 is 0 Å². The summed E-state index contributed by atoms with van der Waals surface area (Å²) >= 11 is 0. The van der Waals surface area contributed by atoms with Crippen LogP contribution in [0.5, 0.6) is 0 Å². The maximum atomic E-state index is 3.69.